The normalized spacial score (nSPS) is 12.8. The monoisotopic (exact) mass is 1730 g/mol. The number of anilines is 4. The zero-order chi connectivity index (χ0) is 83.7. The summed E-state index contributed by atoms with van der Waals surface area (Å²) in [6.07, 6.45) is 16.3. The van der Waals surface area contributed by atoms with Gasteiger partial charge in [0.2, 0.25) is 0 Å². The van der Waals surface area contributed by atoms with Gasteiger partial charge in [0, 0.05) is 45.9 Å². The van der Waals surface area contributed by atoms with E-state index in [2.05, 4.69) is 133 Å². The summed E-state index contributed by atoms with van der Waals surface area (Å²) in [5.74, 6) is 2.60. The lowest BCUT2D eigenvalue weighted by molar-refractivity contribution is 0.298. The van der Waals surface area contributed by atoms with Gasteiger partial charge in [0.25, 0.3) is 22.2 Å². The van der Waals surface area contributed by atoms with Crippen molar-refractivity contribution < 1.29 is 0 Å². The molecule has 32 heteroatoms. The van der Waals surface area contributed by atoms with Crippen LogP contribution in [0, 0.1) is 34.6 Å². The van der Waals surface area contributed by atoms with E-state index < -0.39 is 0 Å². The number of nitrogens with zero attached hydrogens (tertiary/aromatic N) is 16. The molecular formula is C92H91ClN24O4S3. The highest BCUT2D eigenvalue weighted by molar-refractivity contribution is 7.59. The highest BCUT2D eigenvalue weighted by Crippen LogP contribution is 2.37. The Bertz CT molecular complexity index is 7390. The van der Waals surface area contributed by atoms with Crippen molar-refractivity contribution in [3.8, 4) is 17.1 Å². The number of halogens is 1. The summed E-state index contributed by atoms with van der Waals surface area (Å²) in [5, 5.41) is 20.7. The van der Waals surface area contributed by atoms with Gasteiger partial charge in [-0.05, 0) is 192 Å². The highest BCUT2D eigenvalue weighted by atomic mass is 35.5. The molecular weight excluding hydrogens is 1640 g/mol. The number of hydrogen-bond acceptors (Lipinski definition) is 20. The third-order valence-corrected chi connectivity index (χ3v) is 22.6. The maximum atomic E-state index is 13.8. The fraction of sp³-hybridized carbons (Fsp3) is 0.196. The fourth-order valence-electron chi connectivity index (χ4n) is 16.0. The van der Waals surface area contributed by atoms with Crippen LogP contribution in [0.25, 0.3) is 105 Å². The minimum absolute atomic E-state index is 0. The van der Waals surface area contributed by atoms with Crippen LogP contribution in [0.2, 0.25) is 5.02 Å². The molecule has 124 heavy (non-hydrogen) atoms. The molecule has 1 saturated carbocycles. The first-order valence-electron chi connectivity index (χ1n) is 40.0. The van der Waals surface area contributed by atoms with E-state index in [4.69, 9.17) is 11.6 Å². The van der Waals surface area contributed by atoms with Gasteiger partial charge in [-0.15, -0.1) is 0 Å². The Kier molecular flexibility index (Phi) is 26.0. The van der Waals surface area contributed by atoms with Crippen LogP contribution in [0.1, 0.15) is 134 Å². The van der Waals surface area contributed by atoms with Crippen molar-refractivity contribution >= 4 is 163 Å². The molecule has 28 nitrogen and oxygen atoms in total. The summed E-state index contributed by atoms with van der Waals surface area (Å²) in [5.41, 5.74) is 16.4. The van der Waals surface area contributed by atoms with Gasteiger partial charge in [0.05, 0.1) is 76.0 Å². The van der Waals surface area contributed by atoms with Crippen LogP contribution in [0.15, 0.2) is 246 Å². The van der Waals surface area contributed by atoms with Gasteiger partial charge in [0.15, 0.2) is 45.9 Å². The smallest absolute Gasteiger partial charge is 0.264 e. The molecule has 12 heterocycles. The molecule has 0 spiro atoms. The summed E-state index contributed by atoms with van der Waals surface area (Å²) >= 11 is 6.38. The number of nitrogens with one attached hydrogen (secondary N) is 8. The Labute approximate surface area is 736 Å². The lowest BCUT2D eigenvalue weighted by atomic mass is 9.91. The van der Waals surface area contributed by atoms with Crippen molar-refractivity contribution in [3.63, 3.8) is 0 Å². The third-order valence-electron chi connectivity index (χ3n) is 22.3. The number of aromatic nitrogens is 20. The number of aromatic amines is 4. The predicted octanol–water partition coefficient (Wildman–Crippen LogP) is 18.0. The first-order valence-corrected chi connectivity index (χ1v) is 40.3. The van der Waals surface area contributed by atoms with Crippen LogP contribution in [-0.4, -0.2) is 98.0 Å². The molecule has 19 aromatic rings. The van der Waals surface area contributed by atoms with E-state index in [9.17, 15) is 19.2 Å². The summed E-state index contributed by atoms with van der Waals surface area (Å²) in [7, 11) is 0. The molecule has 12 aromatic heterocycles. The average molecular weight is 1730 g/mol. The van der Waals surface area contributed by atoms with Gasteiger partial charge in [-0.1, -0.05) is 133 Å². The van der Waals surface area contributed by atoms with Crippen molar-refractivity contribution in [2.45, 2.75) is 118 Å². The molecule has 4 atom stereocenters. The van der Waals surface area contributed by atoms with Crippen molar-refractivity contribution in [2.24, 2.45) is 0 Å². The lowest BCUT2D eigenvalue weighted by Crippen LogP contribution is -2.33. The van der Waals surface area contributed by atoms with E-state index in [1.54, 1.807) is 40.5 Å². The zero-order valence-electron chi connectivity index (χ0n) is 69.2. The number of benzene rings is 7. The minimum atomic E-state index is -0.248. The number of hydrogen-bond donors (Lipinski definition) is 8. The van der Waals surface area contributed by atoms with E-state index in [1.807, 2.05) is 209 Å². The summed E-state index contributed by atoms with van der Waals surface area (Å²) in [4.78, 5) is 118. The number of imidazole rings is 4. The molecule has 0 amide bonds. The summed E-state index contributed by atoms with van der Waals surface area (Å²) in [6, 6.07) is 56.8. The Balaban J connectivity index is 0.000000134. The molecule has 20 rings (SSSR count). The number of para-hydroxylation sites is 1. The zero-order valence-corrected chi connectivity index (χ0v) is 73.0. The van der Waals surface area contributed by atoms with Gasteiger partial charge in [-0.3, -0.25) is 32.9 Å². The third kappa shape index (κ3) is 17.0. The number of pyridine rings is 4. The molecule has 1 aliphatic rings. The standard InChI is InChI=1S/C25H24N6O.C24H22N6O.C22H17ClN6O.C21H22N6O.3H2S/c1-4-19(30-24-22-23(27-13-26-22)28-14-29-24)20-12-17-7-5-6-16(3)21(17)25(32)31(20)18-10-8-15(2)9-11-18;1-14-6-4-9-18(10-14)30-19(11-17-8-5-7-15(2)20(17)24(30)31)16(3)29-23-21-22(26-12-25-21)27-13-28-23;1-13(28-21-19-20(25-11-24-19)26-12-27-21)17-10-14-6-5-9-16(23)18(14)22(30)29(17)15-7-3-2-4-8-15;1-12-5-3-6-14-9-16(27(15-7-4-8-15)21(28)17(12)14)13(2)26-20-18-19(23-10-22-18)24-11-25-20;;;/h5-14,19H,4H2,1-3H3,(H2,26,27,28,29,30);4-13,16H,1-3H3,(H2,25,26,27,28,29);2-13H,1H3,(H2,24,25,26,27,28);3,5-6,9-11,13,15H,4,7-8H2,1-2H3,(H2,22,23,24,25,26);3*1H2/t;16-;2*13-;;;/m.000.../s1. The Morgan fingerprint density at radius 2 is 0.734 bits per heavy atom. The van der Waals surface area contributed by atoms with Crippen molar-refractivity contribution in [1.82, 2.24) is 98.0 Å². The highest BCUT2D eigenvalue weighted by Gasteiger charge is 2.29. The van der Waals surface area contributed by atoms with Crippen LogP contribution >= 0.6 is 52.1 Å². The number of aryl methyl sites for hydroxylation is 5. The maximum absolute atomic E-state index is 13.8. The molecule has 0 aliphatic heterocycles. The molecule has 0 radical (unpaired) electrons. The first-order chi connectivity index (χ1) is 58.8. The molecule has 0 saturated heterocycles. The first kappa shape index (κ1) is 86.5. The second-order valence-corrected chi connectivity index (χ2v) is 30.7. The lowest BCUT2D eigenvalue weighted by Gasteiger charge is -2.32. The van der Waals surface area contributed by atoms with E-state index in [0.717, 1.165) is 141 Å². The van der Waals surface area contributed by atoms with E-state index in [1.165, 1.54) is 31.7 Å². The van der Waals surface area contributed by atoms with Crippen LogP contribution in [0.5, 0.6) is 0 Å². The molecule has 1 aliphatic carbocycles. The quantitative estimate of drug-likeness (QED) is 0.0420. The van der Waals surface area contributed by atoms with E-state index in [0.29, 0.717) is 61.8 Å². The molecule has 0 bridgehead atoms. The van der Waals surface area contributed by atoms with Crippen molar-refractivity contribution in [1.29, 1.82) is 0 Å². The largest absolute Gasteiger partial charge is 0.360 e. The van der Waals surface area contributed by atoms with Gasteiger partial charge >= 0.3 is 0 Å². The van der Waals surface area contributed by atoms with E-state index >= 15 is 0 Å². The maximum Gasteiger partial charge on any atom is 0.264 e. The van der Waals surface area contributed by atoms with Gasteiger partial charge in [0.1, 0.15) is 47.4 Å². The number of rotatable bonds is 17. The molecule has 1 unspecified atom stereocenters. The van der Waals surface area contributed by atoms with Crippen LogP contribution in [0.3, 0.4) is 0 Å². The molecule has 8 N–H and O–H groups in total. The second-order valence-electron chi connectivity index (χ2n) is 30.3. The van der Waals surface area contributed by atoms with E-state index in [-0.39, 0.29) is 92.9 Å². The number of fused-ring (bicyclic) bond motifs is 8. The van der Waals surface area contributed by atoms with Crippen LogP contribution in [0.4, 0.5) is 23.3 Å². The van der Waals surface area contributed by atoms with Crippen molar-refractivity contribution in [2.75, 3.05) is 21.3 Å². The topological polar surface area (TPSA) is 354 Å². The minimum Gasteiger partial charge on any atom is -0.360 e. The fourth-order valence-corrected chi connectivity index (χ4v) is 16.3. The number of H-pyrrole nitrogens is 4. The Morgan fingerprint density at radius 1 is 0.371 bits per heavy atom. The Morgan fingerprint density at radius 3 is 1.17 bits per heavy atom. The molecule has 628 valence electrons. The van der Waals surface area contributed by atoms with Crippen molar-refractivity contribution in [3.05, 3.63) is 324 Å². The van der Waals surface area contributed by atoms with Gasteiger partial charge in [-0.2, -0.15) is 40.5 Å². The average Bonchev–Trinajstić information content (AvgIpc) is 0.866. The summed E-state index contributed by atoms with van der Waals surface area (Å²) < 4.78 is 7.31. The Hall–Kier alpha value is -13.9. The van der Waals surface area contributed by atoms with Crippen LogP contribution < -0.4 is 43.5 Å². The predicted molar refractivity (Wildman–Crippen MR) is 509 cm³/mol. The van der Waals surface area contributed by atoms with Gasteiger partial charge < -0.3 is 45.8 Å². The summed E-state index contributed by atoms with van der Waals surface area (Å²) in [6.45, 7) is 18.2. The molecule has 7 aromatic carbocycles. The van der Waals surface area contributed by atoms with Crippen LogP contribution in [-0.2, 0) is 0 Å². The molecule has 1 fully saturated rings. The van der Waals surface area contributed by atoms with Gasteiger partial charge in [-0.25, -0.2) is 59.8 Å². The SMILES string of the molecule is CCC(Nc1ncnc2nc[nH]c12)c1cc2cccc(C)c2c(=O)n1-c1ccc(C)cc1.C[C@H](Nc1ncnc2nc[nH]c12)c1cc2cccc(Cl)c2c(=O)n1-c1ccccc1.Cc1cccc(-n2c([C@H](C)Nc3ncnc4nc[nH]c34)cc3cccc(C)c3c2=O)c1.Cc1cccc2cc([C@H](C)Nc3ncnc4nc[nH]c34)n(C3CCC3)c(=O)c12.S.S.S. The second kappa shape index (κ2) is 37.2.